The van der Waals surface area contributed by atoms with E-state index in [1.165, 1.54) is 4.90 Å². The summed E-state index contributed by atoms with van der Waals surface area (Å²) < 4.78 is 116. The van der Waals surface area contributed by atoms with Gasteiger partial charge < -0.3 is 4.90 Å². The maximum atomic E-state index is 9.41. The van der Waals surface area contributed by atoms with Crippen LogP contribution in [0.2, 0.25) is 0 Å². The second-order valence-electron chi connectivity index (χ2n) is 10.5. The Labute approximate surface area is 282 Å². The van der Waals surface area contributed by atoms with Gasteiger partial charge in [-0.2, -0.15) is 0 Å². The quantitative estimate of drug-likeness (QED) is 0.187. The zero-order valence-corrected chi connectivity index (χ0v) is 23.8. The number of hydrogen-bond donors (Lipinski definition) is 0. The summed E-state index contributed by atoms with van der Waals surface area (Å²) in [5.74, 6) is 0. The van der Waals surface area contributed by atoms with Gasteiger partial charge in [0.2, 0.25) is 0 Å². The van der Waals surface area contributed by atoms with Gasteiger partial charge >= 0.3 is 0 Å². The molecule has 45 heavy (non-hydrogen) atoms. The molecule has 0 atom stereocenters. The maximum absolute atomic E-state index is 9.41. The van der Waals surface area contributed by atoms with Gasteiger partial charge in [-0.15, -0.1) is 0 Å². The lowest BCUT2D eigenvalue weighted by Crippen LogP contribution is -2.10. The number of anilines is 3. The smallest absolute Gasteiger partial charge is 0.0645 e. The minimum Gasteiger partial charge on any atom is -0.310 e. The second kappa shape index (κ2) is 11.6. The van der Waals surface area contributed by atoms with Gasteiger partial charge in [-0.1, -0.05) is 139 Å². The molecule has 0 heterocycles. The van der Waals surface area contributed by atoms with E-state index in [1.54, 1.807) is 30.3 Å². The molecule has 8 aromatic carbocycles. The zero-order chi connectivity index (χ0) is 41.3. The Bertz CT molecular complexity index is 2930. The van der Waals surface area contributed by atoms with Crippen molar-refractivity contribution in [2.24, 2.45) is 0 Å². The first-order chi connectivity index (χ1) is 27.7. The van der Waals surface area contributed by atoms with E-state index in [0.29, 0.717) is 11.1 Å². The molecule has 1 heteroatoms. The summed E-state index contributed by atoms with van der Waals surface area (Å²) in [6.07, 6.45) is 0. The van der Waals surface area contributed by atoms with Crippen molar-refractivity contribution in [2.75, 3.05) is 4.90 Å². The van der Waals surface area contributed by atoms with Gasteiger partial charge in [-0.25, -0.2) is 0 Å². The molecule has 0 aliphatic carbocycles. The summed E-state index contributed by atoms with van der Waals surface area (Å²) in [5, 5.41) is 3.73. The number of benzene rings is 8. The van der Waals surface area contributed by atoms with Crippen LogP contribution in [0.4, 0.5) is 17.1 Å². The predicted molar refractivity (Wildman–Crippen MR) is 192 cm³/mol. The largest absolute Gasteiger partial charge is 0.310 e. The minimum absolute atomic E-state index is 0.0328. The molecule has 0 spiro atoms. The standard InChI is InChI=1S/C44H31N/c1-2-9-32(10-3-1)35-21-25-42(26-22-35)45(43-27-23-36(24-28-43)40-19-17-33-11-4-6-13-37(33)29-40)44-16-8-15-39(31-44)41-20-18-34-12-5-7-14-38(34)30-41/h1-31H/i1D,2D,3D,9D,10D,21D,22D,23D,24D,25D,26D,27D,28D. The maximum Gasteiger partial charge on any atom is 0.0645 e. The molecule has 8 rings (SSSR count). The summed E-state index contributed by atoms with van der Waals surface area (Å²) in [6, 6.07) is 25.2. The first-order valence-corrected chi connectivity index (χ1v) is 14.4. The van der Waals surface area contributed by atoms with Gasteiger partial charge in [0.05, 0.1) is 17.8 Å². The molecule has 0 N–H and O–H groups in total. The molecule has 0 aromatic heterocycles. The van der Waals surface area contributed by atoms with E-state index in [0.717, 1.165) is 27.1 Å². The Kier molecular flexibility index (Phi) is 4.20. The number of nitrogens with zero attached hydrogens (tertiary/aromatic N) is 1. The first-order valence-electron chi connectivity index (χ1n) is 20.9. The van der Waals surface area contributed by atoms with Crippen LogP contribution in [0.25, 0.3) is 54.9 Å². The van der Waals surface area contributed by atoms with Crippen LogP contribution in [-0.2, 0) is 0 Å². The molecule has 0 unspecified atom stereocenters. The Morgan fingerprint density at radius 2 is 0.778 bits per heavy atom. The summed E-state index contributed by atoms with van der Waals surface area (Å²) in [6.45, 7) is 0. The van der Waals surface area contributed by atoms with E-state index >= 15 is 0 Å². The second-order valence-corrected chi connectivity index (χ2v) is 10.5. The molecule has 0 fully saturated rings. The van der Waals surface area contributed by atoms with Gasteiger partial charge in [0.1, 0.15) is 0 Å². The van der Waals surface area contributed by atoms with Crippen LogP contribution in [0.3, 0.4) is 0 Å². The average Bonchev–Trinajstić information content (AvgIpc) is 3.24. The molecule has 0 aliphatic rings. The summed E-state index contributed by atoms with van der Waals surface area (Å²) in [4.78, 5) is 1.18. The van der Waals surface area contributed by atoms with Crippen molar-refractivity contribution in [1.82, 2.24) is 0 Å². The highest BCUT2D eigenvalue weighted by atomic mass is 15.1. The Morgan fingerprint density at radius 3 is 1.36 bits per heavy atom. The third-order valence-corrected chi connectivity index (χ3v) is 7.65. The molecule has 212 valence electrons. The average molecular weight is 587 g/mol. The monoisotopic (exact) mass is 586 g/mol. The first kappa shape index (κ1) is 16.2. The van der Waals surface area contributed by atoms with Crippen LogP contribution in [0.15, 0.2) is 188 Å². The minimum atomic E-state index is -0.728. The number of fused-ring (bicyclic) bond motifs is 2. The molecule has 0 saturated heterocycles. The van der Waals surface area contributed by atoms with E-state index in [9.17, 15) is 8.22 Å². The normalized spacial score (nSPS) is 15.2. The highest BCUT2D eigenvalue weighted by molar-refractivity contribution is 5.90. The van der Waals surface area contributed by atoms with Crippen molar-refractivity contribution in [2.45, 2.75) is 0 Å². The molecule has 1 nitrogen and oxygen atoms in total. The third-order valence-electron chi connectivity index (χ3n) is 7.65. The molecule has 8 aromatic rings. The van der Waals surface area contributed by atoms with Gasteiger partial charge in [-0.3, -0.25) is 0 Å². The Morgan fingerprint density at radius 1 is 0.311 bits per heavy atom. The molecule has 0 saturated carbocycles. The van der Waals surface area contributed by atoms with Crippen molar-refractivity contribution in [3.63, 3.8) is 0 Å². The Balaban J connectivity index is 1.41. The van der Waals surface area contributed by atoms with E-state index in [4.69, 9.17) is 9.60 Å². The summed E-state index contributed by atoms with van der Waals surface area (Å²) >= 11 is 0. The fourth-order valence-corrected chi connectivity index (χ4v) is 5.39. The van der Waals surface area contributed by atoms with E-state index in [-0.39, 0.29) is 16.9 Å². The molecule has 0 radical (unpaired) electrons. The topological polar surface area (TPSA) is 3.24 Å². The van der Waals surface area contributed by atoms with Crippen molar-refractivity contribution in [1.29, 1.82) is 0 Å². The molecular weight excluding hydrogens is 542 g/mol. The van der Waals surface area contributed by atoms with Gasteiger partial charge in [0.25, 0.3) is 0 Å². The van der Waals surface area contributed by atoms with Crippen molar-refractivity contribution in [3.05, 3.63) is 188 Å². The number of hydrogen-bond acceptors (Lipinski definition) is 1. The van der Waals surface area contributed by atoms with Gasteiger partial charge in [-0.05, 0) is 103 Å². The van der Waals surface area contributed by atoms with Crippen molar-refractivity contribution in [3.8, 4) is 33.4 Å². The van der Waals surface area contributed by atoms with Crippen LogP contribution in [0, 0.1) is 0 Å². The molecule has 0 aliphatic heterocycles. The fourth-order valence-electron chi connectivity index (χ4n) is 5.39. The molecule has 0 amide bonds. The predicted octanol–water partition coefficient (Wildman–Crippen LogP) is 12.5. The van der Waals surface area contributed by atoms with E-state index in [1.807, 2.05) is 78.9 Å². The van der Waals surface area contributed by atoms with Gasteiger partial charge in [0.15, 0.2) is 0 Å². The summed E-state index contributed by atoms with van der Waals surface area (Å²) in [7, 11) is 0. The van der Waals surface area contributed by atoms with E-state index < -0.39 is 95.4 Å². The van der Waals surface area contributed by atoms with Crippen molar-refractivity contribution >= 4 is 38.6 Å². The summed E-state index contributed by atoms with van der Waals surface area (Å²) in [5.41, 5.74) is 0.332. The Hall–Kier alpha value is -5.92. The molecular formula is C44H31N. The van der Waals surface area contributed by atoms with Crippen molar-refractivity contribution < 1.29 is 17.8 Å². The SMILES string of the molecule is [2H]c1c([2H])c([2H])c(-c2c([2H])c([2H])c(N(c3cccc(-c4ccc5ccccc5c4)c3)c3c([2H])c([2H])c(-c4ccc5ccccc5c4)c([2H])c3[2H])c([2H])c2[2H])c([2H])c1[2H]. The van der Waals surface area contributed by atoms with Crippen LogP contribution >= 0.6 is 0 Å². The lowest BCUT2D eigenvalue weighted by molar-refractivity contribution is 1.28. The van der Waals surface area contributed by atoms with Crippen LogP contribution in [0.1, 0.15) is 17.8 Å². The van der Waals surface area contributed by atoms with Crippen LogP contribution in [0.5, 0.6) is 0 Å². The van der Waals surface area contributed by atoms with E-state index in [2.05, 4.69) is 0 Å². The van der Waals surface area contributed by atoms with Gasteiger partial charge in [0, 0.05) is 17.1 Å². The van der Waals surface area contributed by atoms with Crippen LogP contribution in [-0.4, -0.2) is 0 Å². The fraction of sp³-hybridized carbons (Fsp3) is 0. The zero-order valence-electron chi connectivity index (χ0n) is 36.8. The highest BCUT2D eigenvalue weighted by Gasteiger charge is 2.15. The third kappa shape index (κ3) is 5.37. The van der Waals surface area contributed by atoms with Crippen LogP contribution < -0.4 is 4.90 Å². The number of rotatable bonds is 6. The highest BCUT2D eigenvalue weighted by Crippen LogP contribution is 2.39. The molecule has 0 bridgehead atoms. The lowest BCUT2D eigenvalue weighted by Gasteiger charge is -2.26. The lowest BCUT2D eigenvalue weighted by atomic mass is 9.99.